The lowest BCUT2D eigenvalue weighted by Crippen LogP contribution is -2.41. The van der Waals surface area contributed by atoms with E-state index in [1.54, 1.807) is 11.8 Å². The number of carboxylic acid groups (broad SMARTS) is 1. The van der Waals surface area contributed by atoms with Crippen molar-refractivity contribution in [2.75, 3.05) is 23.5 Å². The molecule has 0 radical (unpaired) electrons. The predicted molar refractivity (Wildman–Crippen MR) is 161 cm³/mol. The molecule has 1 saturated carbocycles. The molecule has 0 aromatic heterocycles. The van der Waals surface area contributed by atoms with Gasteiger partial charge in [0.15, 0.2) is 0 Å². The molecular weight excluding hydrogens is 514 g/mol. The number of aliphatic carboxylic acids is 1. The van der Waals surface area contributed by atoms with Gasteiger partial charge in [0, 0.05) is 11.3 Å². The molecular formula is C31H43NO4S2. The van der Waals surface area contributed by atoms with Gasteiger partial charge in [0.1, 0.15) is 6.04 Å². The van der Waals surface area contributed by atoms with Crippen LogP contribution in [0, 0.1) is 12.8 Å². The Morgan fingerprint density at radius 1 is 1.11 bits per heavy atom. The lowest BCUT2D eigenvalue weighted by molar-refractivity contribution is -0.139. The van der Waals surface area contributed by atoms with Gasteiger partial charge in [0.2, 0.25) is 0 Å². The highest BCUT2D eigenvalue weighted by Crippen LogP contribution is 2.31. The van der Waals surface area contributed by atoms with Crippen molar-refractivity contribution in [3.05, 3.63) is 59.2 Å². The van der Waals surface area contributed by atoms with E-state index in [-0.39, 0.29) is 12.0 Å². The van der Waals surface area contributed by atoms with Gasteiger partial charge in [0.25, 0.3) is 5.91 Å². The summed E-state index contributed by atoms with van der Waals surface area (Å²) in [4.78, 5) is 25.1. The Labute approximate surface area is 236 Å². The highest BCUT2D eigenvalue weighted by atomic mass is 32.2. The number of carboxylic acids is 1. The first-order valence-electron chi connectivity index (χ1n) is 13.8. The molecule has 208 valence electrons. The van der Waals surface area contributed by atoms with Gasteiger partial charge >= 0.3 is 5.97 Å². The highest BCUT2D eigenvalue weighted by molar-refractivity contribution is 7.99. The molecule has 5 nitrogen and oxygen atoms in total. The fraction of sp³-hybridized carbons (Fsp3) is 0.548. The maximum Gasteiger partial charge on any atom is 0.326 e. The van der Waals surface area contributed by atoms with Crippen LogP contribution in [-0.2, 0) is 16.1 Å². The molecule has 1 aliphatic carbocycles. The van der Waals surface area contributed by atoms with Crippen LogP contribution in [0.4, 0.5) is 0 Å². The van der Waals surface area contributed by atoms with Crippen molar-refractivity contribution in [1.29, 1.82) is 0 Å². The van der Waals surface area contributed by atoms with Crippen LogP contribution >= 0.6 is 23.5 Å². The average molecular weight is 558 g/mol. The Morgan fingerprint density at radius 3 is 2.55 bits per heavy atom. The van der Waals surface area contributed by atoms with Gasteiger partial charge in [-0.15, -0.1) is 0 Å². The van der Waals surface area contributed by atoms with Gasteiger partial charge in [-0.1, -0.05) is 69.4 Å². The molecule has 1 fully saturated rings. The lowest BCUT2D eigenvalue weighted by atomic mass is 9.85. The molecule has 38 heavy (non-hydrogen) atoms. The second-order valence-corrected chi connectivity index (χ2v) is 12.5. The van der Waals surface area contributed by atoms with Gasteiger partial charge in [0.05, 0.1) is 12.7 Å². The van der Waals surface area contributed by atoms with E-state index in [2.05, 4.69) is 12.2 Å². The van der Waals surface area contributed by atoms with Gasteiger partial charge in [-0.3, -0.25) is 4.79 Å². The average Bonchev–Trinajstić information content (AvgIpc) is 2.93. The Balaban J connectivity index is 1.82. The normalized spacial score (nSPS) is 15.7. The fourth-order valence-electron chi connectivity index (χ4n) is 5.15. The van der Waals surface area contributed by atoms with Crippen LogP contribution in [0.25, 0.3) is 11.1 Å². The second-order valence-electron chi connectivity index (χ2n) is 10.2. The van der Waals surface area contributed by atoms with Gasteiger partial charge < -0.3 is 15.2 Å². The number of aryl methyl sites for hydroxylation is 1. The predicted octanol–water partition coefficient (Wildman–Crippen LogP) is 7.21. The zero-order chi connectivity index (χ0) is 27.3. The van der Waals surface area contributed by atoms with E-state index in [0.29, 0.717) is 24.3 Å². The quantitative estimate of drug-likeness (QED) is 0.241. The van der Waals surface area contributed by atoms with Crippen molar-refractivity contribution < 1.29 is 19.4 Å². The summed E-state index contributed by atoms with van der Waals surface area (Å²) < 4.78 is 6.49. The number of carbonyl (C=O) groups excluding carboxylic acids is 1. The molecule has 3 rings (SSSR count). The van der Waals surface area contributed by atoms with Crippen LogP contribution in [-0.4, -0.2) is 52.6 Å². The zero-order valence-corrected chi connectivity index (χ0v) is 24.7. The second kappa shape index (κ2) is 16.2. The highest BCUT2D eigenvalue weighted by Gasteiger charge is 2.23. The Hall–Kier alpha value is -1.96. The summed E-state index contributed by atoms with van der Waals surface area (Å²) in [5, 5.41) is 12.4. The van der Waals surface area contributed by atoms with E-state index in [9.17, 15) is 14.7 Å². The molecule has 2 unspecified atom stereocenters. The zero-order valence-electron chi connectivity index (χ0n) is 23.0. The maximum atomic E-state index is 13.3. The van der Waals surface area contributed by atoms with E-state index in [1.807, 2.05) is 67.4 Å². The lowest BCUT2D eigenvalue weighted by Gasteiger charge is -2.26. The van der Waals surface area contributed by atoms with E-state index >= 15 is 0 Å². The first kappa shape index (κ1) is 30.6. The van der Waals surface area contributed by atoms with E-state index in [4.69, 9.17) is 4.74 Å². The van der Waals surface area contributed by atoms with Gasteiger partial charge in [-0.2, -0.15) is 23.5 Å². The largest absolute Gasteiger partial charge is 0.480 e. The number of hydrogen-bond acceptors (Lipinski definition) is 5. The summed E-state index contributed by atoms with van der Waals surface area (Å²) in [6.07, 6.45) is 10.3. The summed E-state index contributed by atoms with van der Waals surface area (Å²) in [7, 11) is 0. The molecule has 0 heterocycles. The van der Waals surface area contributed by atoms with Crippen LogP contribution in [0.2, 0.25) is 0 Å². The van der Waals surface area contributed by atoms with Crippen LogP contribution in [0.1, 0.15) is 73.4 Å². The van der Waals surface area contributed by atoms with Gasteiger partial charge in [-0.05, 0) is 77.8 Å². The maximum absolute atomic E-state index is 13.3. The number of hydrogen-bond donors (Lipinski definition) is 2. The number of amides is 1. The van der Waals surface area contributed by atoms with E-state index < -0.39 is 12.0 Å². The summed E-state index contributed by atoms with van der Waals surface area (Å²) in [5.74, 6) is 2.14. The van der Waals surface area contributed by atoms with Gasteiger partial charge in [-0.25, -0.2) is 4.79 Å². The summed E-state index contributed by atoms with van der Waals surface area (Å²) in [6.45, 7) is 4.71. The van der Waals surface area contributed by atoms with Crippen molar-refractivity contribution in [2.24, 2.45) is 5.92 Å². The first-order chi connectivity index (χ1) is 18.4. The molecule has 2 aromatic carbocycles. The Bertz CT molecular complexity index is 1040. The minimum Gasteiger partial charge on any atom is -0.480 e. The number of rotatable bonds is 15. The number of carbonyl (C=O) groups is 2. The third-order valence-electron chi connectivity index (χ3n) is 7.29. The van der Waals surface area contributed by atoms with Crippen molar-refractivity contribution >= 4 is 35.4 Å². The summed E-state index contributed by atoms with van der Waals surface area (Å²) >= 11 is 3.50. The molecule has 0 aliphatic heterocycles. The number of benzene rings is 2. The number of thioether (sulfide) groups is 2. The van der Waals surface area contributed by atoms with E-state index in [0.717, 1.165) is 46.1 Å². The molecule has 1 aliphatic rings. The smallest absolute Gasteiger partial charge is 0.326 e. The van der Waals surface area contributed by atoms with E-state index in [1.165, 1.54) is 32.1 Å². The minimum atomic E-state index is -1.01. The molecule has 0 bridgehead atoms. The molecule has 2 N–H and O–H groups in total. The van der Waals surface area contributed by atoms with Crippen LogP contribution < -0.4 is 5.32 Å². The Kier molecular flexibility index (Phi) is 13.0. The Morgan fingerprint density at radius 2 is 1.87 bits per heavy atom. The monoisotopic (exact) mass is 557 g/mol. The van der Waals surface area contributed by atoms with Crippen molar-refractivity contribution in [2.45, 2.75) is 77.5 Å². The third-order valence-corrected chi connectivity index (χ3v) is 8.95. The molecule has 1 amide bonds. The topological polar surface area (TPSA) is 75.6 Å². The van der Waals surface area contributed by atoms with Crippen LogP contribution in [0.3, 0.4) is 0 Å². The molecule has 2 atom stereocenters. The van der Waals surface area contributed by atoms with Crippen molar-refractivity contribution in [3.8, 4) is 11.1 Å². The van der Waals surface area contributed by atoms with Crippen molar-refractivity contribution in [1.82, 2.24) is 5.32 Å². The standard InChI is InChI=1S/C31H43NO4S2/c1-4-38-21-25(18-23-11-6-5-7-12-23)36-20-24-14-15-27(28(19-24)26-13-9-8-10-22(26)2)30(33)32-29(31(34)35)16-17-37-3/h8-10,13-15,19,23,25,29H,4-7,11-12,16-18,20-21H2,1-3H3,(H,32,33)(H,34,35). The molecule has 7 heteroatoms. The van der Waals surface area contributed by atoms with Crippen molar-refractivity contribution in [3.63, 3.8) is 0 Å². The third kappa shape index (κ3) is 9.35. The van der Waals surface area contributed by atoms with Crippen LogP contribution in [0.15, 0.2) is 42.5 Å². The summed E-state index contributed by atoms with van der Waals surface area (Å²) in [5.41, 5.74) is 4.34. The molecule has 0 saturated heterocycles. The SMILES string of the molecule is CCSCC(CC1CCCCC1)OCc1ccc(C(=O)NC(CCSC)C(=O)O)c(-c2ccccc2C)c1. The number of nitrogens with one attached hydrogen (secondary N) is 1. The van der Waals surface area contributed by atoms with Crippen LogP contribution in [0.5, 0.6) is 0 Å². The minimum absolute atomic E-state index is 0.223. The fourth-order valence-corrected chi connectivity index (χ4v) is 6.35. The first-order valence-corrected chi connectivity index (χ1v) is 16.4. The number of ether oxygens (including phenoxy) is 1. The summed E-state index contributed by atoms with van der Waals surface area (Å²) in [6, 6.07) is 12.9. The molecule has 0 spiro atoms. The molecule has 2 aromatic rings.